The molecule has 0 saturated heterocycles. The number of aromatic nitrogens is 2. The van der Waals surface area contributed by atoms with Gasteiger partial charge in [0, 0.05) is 23.3 Å². The molecule has 0 fully saturated rings. The summed E-state index contributed by atoms with van der Waals surface area (Å²) >= 11 is 0. The lowest BCUT2D eigenvalue weighted by Crippen LogP contribution is -2.12. The van der Waals surface area contributed by atoms with Gasteiger partial charge >= 0.3 is 0 Å². The van der Waals surface area contributed by atoms with E-state index in [0.29, 0.717) is 5.56 Å². The summed E-state index contributed by atoms with van der Waals surface area (Å²) in [5.41, 5.74) is 3.63. The zero-order chi connectivity index (χ0) is 14.2. The maximum Gasteiger partial charge on any atom is 0.174 e. The topological polar surface area (TPSA) is 42.9 Å². The number of benzene rings is 1. The van der Waals surface area contributed by atoms with Crippen LogP contribution < -0.4 is 0 Å². The summed E-state index contributed by atoms with van der Waals surface area (Å²) in [6, 6.07) is 13.7. The fraction of sp³-hybridized carbons (Fsp3) is 0.167. The van der Waals surface area contributed by atoms with Crippen LogP contribution in [0.1, 0.15) is 34.0 Å². The Balaban J connectivity index is 1.82. The van der Waals surface area contributed by atoms with Gasteiger partial charge in [-0.2, -0.15) is 0 Å². The van der Waals surface area contributed by atoms with Crippen LogP contribution >= 0.6 is 0 Å². The number of carbonyl (C=O) groups is 1. The SMILES string of the molecule is O=C(c1cccc2cccnc12)C1CCc2cccnc21. The summed E-state index contributed by atoms with van der Waals surface area (Å²) in [6.45, 7) is 0. The van der Waals surface area contributed by atoms with Gasteiger partial charge in [0.15, 0.2) is 5.78 Å². The molecule has 3 heteroatoms. The quantitative estimate of drug-likeness (QED) is 0.671. The largest absolute Gasteiger partial charge is 0.293 e. The van der Waals surface area contributed by atoms with E-state index in [1.165, 1.54) is 5.56 Å². The normalized spacial score (nSPS) is 16.9. The zero-order valence-corrected chi connectivity index (χ0v) is 11.5. The van der Waals surface area contributed by atoms with Gasteiger partial charge in [-0.05, 0) is 36.6 Å². The van der Waals surface area contributed by atoms with Crippen LogP contribution in [0.4, 0.5) is 0 Å². The molecule has 0 amide bonds. The van der Waals surface area contributed by atoms with Crippen molar-refractivity contribution in [2.24, 2.45) is 0 Å². The van der Waals surface area contributed by atoms with Gasteiger partial charge in [-0.25, -0.2) is 0 Å². The number of para-hydroxylation sites is 1. The van der Waals surface area contributed by atoms with Gasteiger partial charge < -0.3 is 0 Å². The van der Waals surface area contributed by atoms with Gasteiger partial charge in [-0.15, -0.1) is 0 Å². The number of aryl methyl sites for hydroxylation is 1. The molecule has 0 N–H and O–H groups in total. The molecule has 3 nitrogen and oxygen atoms in total. The number of hydrogen-bond donors (Lipinski definition) is 0. The monoisotopic (exact) mass is 274 g/mol. The number of nitrogens with zero attached hydrogens (tertiary/aromatic N) is 2. The Hall–Kier alpha value is -2.55. The van der Waals surface area contributed by atoms with Crippen LogP contribution in [-0.4, -0.2) is 15.8 Å². The summed E-state index contributed by atoms with van der Waals surface area (Å²) in [7, 11) is 0. The molecular weight excluding hydrogens is 260 g/mol. The predicted molar refractivity (Wildman–Crippen MR) is 81.4 cm³/mol. The molecule has 2 heterocycles. The van der Waals surface area contributed by atoms with Gasteiger partial charge in [0.25, 0.3) is 0 Å². The second kappa shape index (κ2) is 4.77. The van der Waals surface area contributed by atoms with Crippen LogP contribution in [0.5, 0.6) is 0 Å². The number of pyridine rings is 2. The number of rotatable bonds is 2. The van der Waals surface area contributed by atoms with Gasteiger partial charge in [0.2, 0.25) is 0 Å². The minimum Gasteiger partial charge on any atom is -0.293 e. The second-order valence-corrected chi connectivity index (χ2v) is 5.38. The molecule has 0 saturated carbocycles. The van der Waals surface area contributed by atoms with E-state index in [1.807, 2.05) is 36.4 Å². The number of carbonyl (C=O) groups excluding carboxylic acids is 1. The van der Waals surface area contributed by atoms with Crippen LogP contribution in [0, 0.1) is 0 Å². The molecule has 0 aliphatic heterocycles. The molecule has 1 aliphatic carbocycles. The van der Waals surface area contributed by atoms with Crippen molar-refractivity contribution in [3.05, 3.63) is 71.7 Å². The van der Waals surface area contributed by atoms with Crippen LogP contribution in [0.2, 0.25) is 0 Å². The Kier molecular flexibility index (Phi) is 2.78. The van der Waals surface area contributed by atoms with Crippen LogP contribution in [0.3, 0.4) is 0 Å². The van der Waals surface area contributed by atoms with Gasteiger partial charge in [-0.3, -0.25) is 14.8 Å². The lowest BCUT2D eigenvalue weighted by molar-refractivity contribution is 0.0959. The molecule has 0 radical (unpaired) electrons. The number of hydrogen-bond acceptors (Lipinski definition) is 3. The van der Waals surface area contributed by atoms with Crippen LogP contribution in [0.25, 0.3) is 10.9 Å². The number of ketones is 1. The predicted octanol–water partition coefficient (Wildman–Crippen LogP) is 3.54. The smallest absolute Gasteiger partial charge is 0.174 e. The van der Waals surface area contributed by atoms with Gasteiger partial charge in [0.05, 0.1) is 17.1 Å². The maximum atomic E-state index is 12.9. The first-order valence-electron chi connectivity index (χ1n) is 7.16. The van der Waals surface area contributed by atoms with E-state index in [4.69, 9.17) is 0 Å². The molecule has 0 spiro atoms. The first-order valence-corrected chi connectivity index (χ1v) is 7.16. The minimum absolute atomic E-state index is 0.131. The van der Waals surface area contributed by atoms with Crippen molar-refractivity contribution < 1.29 is 4.79 Å². The van der Waals surface area contributed by atoms with E-state index in [1.54, 1.807) is 12.4 Å². The molecule has 0 bridgehead atoms. The standard InChI is InChI=1S/C18H14N2O/c21-18(15-9-8-13-6-3-11-20-17(13)15)14-7-1-4-12-5-2-10-19-16(12)14/h1-7,10-11,15H,8-9H2. The van der Waals surface area contributed by atoms with Crippen molar-refractivity contribution in [2.45, 2.75) is 18.8 Å². The van der Waals surface area contributed by atoms with E-state index >= 15 is 0 Å². The Labute approximate surface area is 122 Å². The molecule has 1 unspecified atom stereocenters. The summed E-state index contributed by atoms with van der Waals surface area (Å²) in [5, 5.41) is 1.00. The molecule has 3 aromatic rings. The molecule has 1 atom stereocenters. The third kappa shape index (κ3) is 1.93. The first kappa shape index (κ1) is 12.2. The molecule has 102 valence electrons. The van der Waals surface area contributed by atoms with Crippen molar-refractivity contribution in [1.29, 1.82) is 0 Å². The highest BCUT2D eigenvalue weighted by atomic mass is 16.1. The van der Waals surface area contributed by atoms with E-state index in [9.17, 15) is 4.79 Å². The Morgan fingerprint density at radius 3 is 2.76 bits per heavy atom. The lowest BCUT2D eigenvalue weighted by atomic mass is 9.93. The average Bonchev–Trinajstić information content (AvgIpc) is 2.98. The third-order valence-electron chi connectivity index (χ3n) is 4.17. The maximum absolute atomic E-state index is 12.9. The van der Waals surface area contributed by atoms with Crippen molar-refractivity contribution in [3.63, 3.8) is 0 Å². The zero-order valence-electron chi connectivity index (χ0n) is 11.5. The molecule has 1 aliphatic rings. The van der Waals surface area contributed by atoms with E-state index in [-0.39, 0.29) is 11.7 Å². The van der Waals surface area contributed by atoms with Gasteiger partial charge in [0.1, 0.15) is 0 Å². The summed E-state index contributed by atoms with van der Waals surface area (Å²) < 4.78 is 0. The van der Waals surface area contributed by atoms with Crippen molar-refractivity contribution in [3.8, 4) is 0 Å². The van der Waals surface area contributed by atoms with E-state index in [2.05, 4.69) is 16.0 Å². The third-order valence-corrected chi connectivity index (χ3v) is 4.17. The summed E-state index contributed by atoms with van der Waals surface area (Å²) in [5.74, 6) is 0.00514. The van der Waals surface area contributed by atoms with Crippen LogP contribution in [0.15, 0.2) is 54.9 Å². The fourth-order valence-electron chi connectivity index (χ4n) is 3.16. The first-order chi connectivity index (χ1) is 10.3. The Morgan fingerprint density at radius 1 is 1.00 bits per heavy atom. The number of fused-ring (bicyclic) bond motifs is 2. The Bertz CT molecular complexity index is 836. The van der Waals surface area contributed by atoms with Crippen molar-refractivity contribution in [1.82, 2.24) is 9.97 Å². The summed E-state index contributed by atoms with van der Waals surface area (Å²) in [4.78, 5) is 21.8. The highest BCUT2D eigenvalue weighted by molar-refractivity contribution is 6.09. The number of Topliss-reactive ketones (excluding diaryl/α,β-unsaturated/α-hetero) is 1. The highest BCUT2D eigenvalue weighted by Crippen LogP contribution is 2.34. The summed E-state index contributed by atoms with van der Waals surface area (Å²) in [6.07, 6.45) is 5.28. The second-order valence-electron chi connectivity index (χ2n) is 5.38. The average molecular weight is 274 g/mol. The Morgan fingerprint density at radius 2 is 1.81 bits per heavy atom. The fourth-order valence-corrected chi connectivity index (χ4v) is 3.16. The molecule has 1 aromatic carbocycles. The van der Waals surface area contributed by atoms with E-state index in [0.717, 1.165) is 29.4 Å². The lowest BCUT2D eigenvalue weighted by Gasteiger charge is -2.11. The van der Waals surface area contributed by atoms with Crippen molar-refractivity contribution >= 4 is 16.7 Å². The molecule has 4 rings (SSSR count). The molecule has 2 aromatic heterocycles. The molecule has 21 heavy (non-hydrogen) atoms. The van der Waals surface area contributed by atoms with Crippen molar-refractivity contribution in [2.75, 3.05) is 0 Å². The van der Waals surface area contributed by atoms with Gasteiger partial charge in [-0.1, -0.05) is 24.3 Å². The van der Waals surface area contributed by atoms with E-state index < -0.39 is 0 Å². The van der Waals surface area contributed by atoms with Crippen LogP contribution in [-0.2, 0) is 6.42 Å². The molecular formula is C18H14N2O. The minimum atomic E-state index is -0.131. The highest BCUT2D eigenvalue weighted by Gasteiger charge is 2.31.